The van der Waals surface area contributed by atoms with Gasteiger partial charge in [0.05, 0.1) is 24.8 Å². The molecular formula is C24H15F8N7O6. The van der Waals surface area contributed by atoms with Crippen molar-refractivity contribution in [1.82, 2.24) is 0 Å². The molecule has 3 aromatic carbocycles. The van der Waals surface area contributed by atoms with Crippen molar-refractivity contribution in [3.05, 3.63) is 108 Å². The highest BCUT2D eigenvalue weighted by Crippen LogP contribution is 2.32. The van der Waals surface area contributed by atoms with E-state index in [1.54, 1.807) is 0 Å². The molecule has 0 saturated carbocycles. The lowest BCUT2D eigenvalue weighted by Gasteiger charge is -2.12. The number of amides is 1. The molecule has 0 spiro atoms. The van der Waals surface area contributed by atoms with Gasteiger partial charge in [-0.3, -0.25) is 5.32 Å². The Bertz CT molecular complexity index is 1660. The molecule has 0 heterocycles. The van der Waals surface area contributed by atoms with Crippen LogP contribution in [0.5, 0.6) is 0 Å². The molecule has 45 heavy (non-hydrogen) atoms. The van der Waals surface area contributed by atoms with Crippen molar-refractivity contribution in [2.75, 3.05) is 12.4 Å². The van der Waals surface area contributed by atoms with E-state index in [-0.39, 0.29) is 11.3 Å². The maximum Gasteiger partial charge on any atom is 0.411 e. The molecule has 3 aromatic rings. The molecule has 1 amide bonds. The van der Waals surface area contributed by atoms with Gasteiger partial charge < -0.3 is 19.7 Å². The summed E-state index contributed by atoms with van der Waals surface area (Å²) in [7, 11) is 1.09. The summed E-state index contributed by atoms with van der Waals surface area (Å²) in [5, 5.41) is 25.3. The average molecular weight is 649 g/mol. The smallest absolute Gasteiger partial charge is 0.411 e. The second kappa shape index (κ2) is 15.7. The highest BCUT2D eigenvalue weighted by Gasteiger charge is 2.26. The number of halogens is 8. The normalized spacial score (nSPS) is 10.8. The van der Waals surface area contributed by atoms with Gasteiger partial charge >= 0.3 is 12.1 Å². The number of hydrogen-bond acceptors (Lipinski definition) is 8. The number of azide groups is 2. The average Bonchev–Trinajstić information content (AvgIpc) is 3.03. The molecule has 3 rings (SSSR count). The number of esters is 1. The van der Waals surface area contributed by atoms with Crippen molar-refractivity contribution in [3.8, 4) is 0 Å². The first-order valence-electron chi connectivity index (χ1n) is 11.5. The Hall–Kier alpha value is -5.62. The van der Waals surface area contributed by atoms with Crippen LogP contribution in [0.3, 0.4) is 0 Å². The quantitative estimate of drug-likeness (QED) is 0.0596. The van der Waals surface area contributed by atoms with E-state index in [0.29, 0.717) is 0 Å². The number of aliphatic hydroxyl groups excluding tert-OH is 2. The van der Waals surface area contributed by atoms with Crippen LogP contribution in [-0.4, -0.2) is 29.4 Å². The largest absolute Gasteiger partial charge is 0.467 e. The second-order valence-corrected chi connectivity index (χ2v) is 7.95. The number of aliphatic hydroxyl groups is 2. The standard InChI is InChI=1S/C17H12F4N4O5.C7H3F4N3O/c1-29-16(27)15(26)7-2-4-8(5-3-7)23-17(28)30-6-9-10(18)12(20)14(24-25-22)13(21)11(9)19;8-3-2(1-15)4(9)6(11)7(5(3)10)13-14-12/h2-5,15,26H,6H2,1H3,(H,23,28);15H,1H2. The van der Waals surface area contributed by atoms with Gasteiger partial charge in [-0.15, -0.1) is 0 Å². The van der Waals surface area contributed by atoms with Crippen molar-refractivity contribution in [2.45, 2.75) is 19.3 Å². The van der Waals surface area contributed by atoms with Crippen LogP contribution in [0.1, 0.15) is 22.8 Å². The van der Waals surface area contributed by atoms with Crippen LogP contribution in [0.4, 0.5) is 57.0 Å². The molecule has 0 aliphatic carbocycles. The zero-order valence-electron chi connectivity index (χ0n) is 22.0. The number of carbonyl (C=O) groups excluding carboxylic acids is 2. The highest BCUT2D eigenvalue weighted by atomic mass is 19.2. The van der Waals surface area contributed by atoms with E-state index in [2.05, 4.69) is 29.9 Å². The third kappa shape index (κ3) is 8.06. The summed E-state index contributed by atoms with van der Waals surface area (Å²) >= 11 is 0. The zero-order valence-corrected chi connectivity index (χ0v) is 22.0. The summed E-state index contributed by atoms with van der Waals surface area (Å²) in [4.78, 5) is 27.1. The first kappa shape index (κ1) is 35.6. The van der Waals surface area contributed by atoms with Crippen molar-refractivity contribution in [2.24, 2.45) is 10.2 Å². The molecule has 21 heteroatoms. The predicted octanol–water partition coefficient (Wildman–Crippen LogP) is 6.82. The molecule has 1 atom stereocenters. The molecule has 0 fully saturated rings. The van der Waals surface area contributed by atoms with Gasteiger partial charge in [-0.2, -0.15) is 0 Å². The minimum absolute atomic E-state index is 0.109. The van der Waals surface area contributed by atoms with Crippen LogP contribution in [0.25, 0.3) is 20.9 Å². The fraction of sp³-hybridized carbons (Fsp3) is 0.167. The summed E-state index contributed by atoms with van der Waals surface area (Å²) in [5.41, 5.74) is 11.1. The number of hydrogen-bond donors (Lipinski definition) is 3. The van der Waals surface area contributed by atoms with Gasteiger partial charge in [0, 0.05) is 15.5 Å². The van der Waals surface area contributed by atoms with E-state index in [1.807, 2.05) is 4.91 Å². The Morgan fingerprint density at radius 3 is 1.60 bits per heavy atom. The summed E-state index contributed by atoms with van der Waals surface area (Å²) in [6.07, 6.45) is -2.77. The Balaban J connectivity index is 0.000000394. The maximum atomic E-state index is 13.9. The molecule has 0 radical (unpaired) electrons. The number of rotatable bonds is 8. The van der Waals surface area contributed by atoms with Gasteiger partial charge in [0.1, 0.15) is 18.0 Å². The molecule has 1 unspecified atom stereocenters. The lowest BCUT2D eigenvalue weighted by Crippen LogP contribution is -2.16. The van der Waals surface area contributed by atoms with E-state index >= 15 is 0 Å². The molecule has 0 aliphatic rings. The van der Waals surface area contributed by atoms with E-state index in [1.165, 1.54) is 24.3 Å². The fourth-order valence-corrected chi connectivity index (χ4v) is 3.15. The van der Waals surface area contributed by atoms with Crippen molar-refractivity contribution < 1.29 is 64.4 Å². The molecule has 13 nitrogen and oxygen atoms in total. The summed E-state index contributed by atoms with van der Waals surface area (Å²) in [6.45, 7) is -2.38. The summed E-state index contributed by atoms with van der Waals surface area (Å²) < 4.78 is 116. The Morgan fingerprint density at radius 1 is 0.800 bits per heavy atom. The van der Waals surface area contributed by atoms with Crippen LogP contribution in [0.15, 0.2) is 34.5 Å². The molecule has 238 valence electrons. The second-order valence-electron chi connectivity index (χ2n) is 7.95. The minimum atomic E-state index is -1.94. The first-order valence-corrected chi connectivity index (χ1v) is 11.5. The molecule has 0 saturated heterocycles. The number of nitrogens with one attached hydrogen (secondary N) is 1. The van der Waals surface area contributed by atoms with Gasteiger partial charge in [-0.25, -0.2) is 44.7 Å². The number of benzene rings is 3. The van der Waals surface area contributed by atoms with Gasteiger partial charge in [0.25, 0.3) is 0 Å². The SMILES string of the molecule is COC(=O)C(O)c1ccc(NC(=O)OCc2c(F)c(F)c(N=[N+]=[N-])c(F)c2F)cc1.[N-]=[N+]=Nc1c(F)c(F)c(CO)c(F)c1F. The number of anilines is 1. The van der Waals surface area contributed by atoms with E-state index < -0.39 is 100 Å². The third-order valence-electron chi connectivity index (χ3n) is 5.35. The third-order valence-corrected chi connectivity index (χ3v) is 5.35. The maximum absolute atomic E-state index is 13.9. The summed E-state index contributed by atoms with van der Waals surface area (Å²) in [5.74, 6) is -15.8. The van der Waals surface area contributed by atoms with Crippen molar-refractivity contribution in [1.29, 1.82) is 0 Å². The van der Waals surface area contributed by atoms with Crippen molar-refractivity contribution >= 4 is 29.1 Å². The molecule has 0 aromatic heterocycles. The lowest BCUT2D eigenvalue weighted by atomic mass is 10.1. The molecule has 0 aliphatic heterocycles. The minimum Gasteiger partial charge on any atom is -0.467 e. The van der Waals surface area contributed by atoms with Crippen LogP contribution in [-0.2, 0) is 27.5 Å². The monoisotopic (exact) mass is 649 g/mol. The predicted molar refractivity (Wildman–Crippen MR) is 133 cm³/mol. The molecule has 0 bridgehead atoms. The van der Waals surface area contributed by atoms with Crippen molar-refractivity contribution in [3.63, 3.8) is 0 Å². The molecule has 3 N–H and O–H groups in total. The van der Waals surface area contributed by atoms with Crippen LogP contribution in [0, 0.1) is 46.5 Å². The van der Waals surface area contributed by atoms with E-state index in [4.69, 9.17) is 16.2 Å². The number of ether oxygens (including phenoxy) is 2. The Kier molecular flexibility index (Phi) is 12.4. The summed E-state index contributed by atoms with van der Waals surface area (Å²) in [6, 6.07) is 5.13. The highest BCUT2D eigenvalue weighted by molar-refractivity contribution is 5.84. The van der Waals surface area contributed by atoms with Gasteiger partial charge in [-0.1, -0.05) is 22.4 Å². The van der Waals surface area contributed by atoms with Crippen LogP contribution < -0.4 is 5.32 Å². The zero-order chi connectivity index (χ0) is 34.0. The number of carbonyl (C=O) groups is 2. The fourth-order valence-electron chi connectivity index (χ4n) is 3.15. The first-order chi connectivity index (χ1) is 21.2. The van der Waals surface area contributed by atoms with Gasteiger partial charge in [0.2, 0.25) is 0 Å². The Labute approximate surface area is 244 Å². The topological polar surface area (TPSA) is 203 Å². The van der Waals surface area contributed by atoms with Gasteiger partial charge in [-0.05, 0) is 28.8 Å². The van der Waals surface area contributed by atoms with Crippen LogP contribution in [0.2, 0.25) is 0 Å². The van der Waals surface area contributed by atoms with E-state index in [9.17, 15) is 49.8 Å². The number of methoxy groups -OCH3 is 1. The van der Waals surface area contributed by atoms with E-state index in [0.717, 1.165) is 7.11 Å². The lowest BCUT2D eigenvalue weighted by molar-refractivity contribution is -0.150. The molecular weight excluding hydrogens is 634 g/mol. The number of nitrogens with zero attached hydrogens (tertiary/aromatic N) is 6. The van der Waals surface area contributed by atoms with Gasteiger partial charge in [0.15, 0.2) is 52.6 Å². The van der Waals surface area contributed by atoms with Crippen LogP contribution >= 0.6 is 0 Å². The Morgan fingerprint density at radius 2 is 1.22 bits per heavy atom.